The molecule has 0 spiro atoms. The molecular formula is C10H13NO6S. The third kappa shape index (κ3) is 2.25. The van der Waals surface area contributed by atoms with Crippen LogP contribution in [0, 0.1) is 0 Å². The number of hydrogen-bond donors (Lipinski definition) is 3. The zero-order valence-corrected chi connectivity index (χ0v) is 10.3. The van der Waals surface area contributed by atoms with E-state index in [0.717, 1.165) is 11.3 Å². The van der Waals surface area contributed by atoms with E-state index < -0.39 is 37.0 Å². The van der Waals surface area contributed by atoms with Crippen molar-refractivity contribution in [2.45, 2.75) is 24.4 Å². The van der Waals surface area contributed by atoms with Crippen LogP contribution in [0.2, 0.25) is 0 Å². The summed E-state index contributed by atoms with van der Waals surface area (Å²) in [6, 6.07) is 0. The van der Waals surface area contributed by atoms with Gasteiger partial charge in [0, 0.05) is 5.38 Å². The molecule has 1 aliphatic rings. The lowest BCUT2D eigenvalue weighted by molar-refractivity contribution is -0.0228. The molecule has 2 heterocycles. The van der Waals surface area contributed by atoms with Crippen LogP contribution in [-0.2, 0) is 9.47 Å². The van der Waals surface area contributed by atoms with E-state index in [1.54, 1.807) is 0 Å². The molecule has 18 heavy (non-hydrogen) atoms. The first-order valence-electron chi connectivity index (χ1n) is 5.24. The fraction of sp³-hybridized carbons (Fsp3) is 0.600. The first-order valence-corrected chi connectivity index (χ1v) is 6.12. The molecular weight excluding hydrogens is 262 g/mol. The van der Waals surface area contributed by atoms with Gasteiger partial charge in [0.25, 0.3) is 0 Å². The van der Waals surface area contributed by atoms with E-state index in [9.17, 15) is 15.0 Å². The molecule has 1 aromatic heterocycles. The number of aliphatic hydroxyl groups excluding tert-OH is 3. The Bertz CT molecular complexity index is 436. The predicted molar refractivity (Wildman–Crippen MR) is 60.2 cm³/mol. The zero-order valence-electron chi connectivity index (χ0n) is 9.52. The lowest BCUT2D eigenvalue weighted by atomic mass is 10.1. The molecule has 8 heteroatoms. The number of aromatic nitrogens is 1. The summed E-state index contributed by atoms with van der Waals surface area (Å²) >= 11 is 1.12. The average molecular weight is 275 g/mol. The number of carbonyl (C=O) groups is 1. The standard InChI is InChI=1S/C10H13NO6S/c1-16-10(15)4-3-18-9(11-4)8-7(14)6(13)5(2-12)17-8/h3,5-8,12-14H,2H2,1H3. The van der Waals surface area contributed by atoms with Gasteiger partial charge in [-0.1, -0.05) is 0 Å². The molecule has 2 rings (SSSR count). The fourth-order valence-electron chi connectivity index (χ4n) is 1.72. The van der Waals surface area contributed by atoms with E-state index in [1.807, 2.05) is 0 Å². The van der Waals surface area contributed by atoms with Gasteiger partial charge < -0.3 is 24.8 Å². The highest BCUT2D eigenvalue weighted by molar-refractivity contribution is 7.09. The molecule has 0 bridgehead atoms. The third-order valence-electron chi connectivity index (χ3n) is 2.70. The zero-order chi connectivity index (χ0) is 13.3. The quantitative estimate of drug-likeness (QED) is 0.612. The summed E-state index contributed by atoms with van der Waals surface area (Å²) in [6.45, 7) is -0.399. The molecule has 100 valence electrons. The maximum atomic E-state index is 11.2. The van der Waals surface area contributed by atoms with E-state index >= 15 is 0 Å². The van der Waals surface area contributed by atoms with Crippen LogP contribution in [0.15, 0.2) is 5.38 Å². The molecule has 4 unspecified atom stereocenters. The second-order valence-electron chi connectivity index (χ2n) is 3.82. The highest BCUT2D eigenvalue weighted by atomic mass is 32.1. The minimum atomic E-state index is -1.18. The Kier molecular flexibility index (Phi) is 3.93. The number of carbonyl (C=O) groups excluding carboxylic acids is 1. The smallest absolute Gasteiger partial charge is 0.357 e. The van der Waals surface area contributed by atoms with Crippen LogP contribution < -0.4 is 0 Å². The highest BCUT2D eigenvalue weighted by Crippen LogP contribution is 2.34. The lowest BCUT2D eigenvalue weighted by Crippen LogP contribution is -2.32. The number of methoxy groups -OCH3 is 1. The molecule has 1 aromatic rings. The number of nitrogens with zero attached hydrogens (tertiary/aromatic N) is 1. The van der Waals surface area contributed by atoms with Crippen LogP contribution in [-0.4, -0.2) is 58.3 Å². The van der Waals surface area contributed by atoms with Crippen LogP contribution in [0.4, 0.5) is 0 Å². The minimum absolute atomic E-state index is 0.121. The van der Waals surface area contributed by atoms with Crippen molar-refractivity contribution in [1.29, 1.82) is 0 Å². The second-order valence-corrected chi connectivity index (χ2v) is 4.71. The molecule has 0 aliphatic carbocycles. The van der Waals surface area contributed by atoms with Crippen LogP contribution >= 0.6 is 11.3 Å². The van der Waals surface area contributed by atoms with E-state index in [1.165, 1.54) is 12.5 Å². The summed E-state index contributed by atoms with van der Waals surface area (Å²) in [4.78, 5) is 15.2. The topological polar surface area (TPSA) is 109 Å². The van der Waals surface area contributed by atoms with Crippen molar-refractivity contribution >= 4 is 17.3 Å². The van der Waals surface area contributed by atoms with Crippen molar-refractivity contribution < 1.29 is 29.6 Å². The maximum Gasteiger partial charge on any atom is 0.357 e. The van der Waals surface area contributed by atoms with E-state index in [-0.39, 0.29) is 5.69 Å². The number of esters is 1. The molecule has 4 atom stereocenters. The Labute approximate surface area is 107 Å². The molecule has 1 saturated heterocycles. The maximum absolute atomic E-state index is 11.2. The van der Waals surface area contributed by atoms with Gasteiger partial charge in [0.05, 0.1) is 13.7 Å². The van der Waals surface area contributed by atoms with Gasteiger partial charge in [0.1, 0.15) is 29.4 Å². The molecule has 7 nitrogen and oxygen atoms in total. The summed E-state index contributed by atoms with van der Waals surface area (Å²) in [5.74, 6) is -0.579. The van der Waals surface area contributed by atoms with Crippen LogP contribution in [0.5, 0.6) is 0 Å². The Morgan fingerprint density at radius 1 is 1.56 bits per heavy atom. The normalized spacial score (nSPS) is 31.6. The number of ether oxygens (including phenoxy) is 2. The van der Waals surface area contributed by atoms with Gasteiger partial charge in [-0.15, -0.1) is 11.3 Å². The molecule has 0 amide bonds. The Balaban J connectivity index is 2.17. The van der Waals surface area contributed by atoms with Gasteiger partial charge in [-0.2, -0.15) is 0 Å². The molecule has 1 fully saturated rings. The number of rotatable bonds is 3. The average Bonchev–Trinajstić information content (AvgIpc) is 2.96. The molecule has 0 radical (unpaired) electrons. The van der Waals surface area contributed by atoms with Crippen LogP contribution in [0.25, 0.3) is 0 Å². The second kappa shape index (κ2) is 5.29. The Morgan fingerprint density at radius 2 is 2.28 bits per heavy atom. The van der Waals surface area contributed by atoms with Gasteiger partial charge in [0.15, 0.2) is 5.69 Å². The van der Waals surface area contributed by atoms with Gasteiger partial charge in [0.2, 0.25) is 0 Å². The van der Waals surface area contributed by atoms with Crippen molar-refractivity contribution in [3.63, 3.8) is 0 Å². The SMILES string of the molecule is COC(=O)c1csc(C2OC(CO)C(O)C2O)n1. The summed E-state index contributed by atoms with van der Waals surface area (Å²) in [6.07, 6.45) is -4.06. The van der Waals surface area contributed by atoms with Gasteiger partial charge >= 0.3 is 5.97 Å². The molecule has 0 saturated carbocycles. The fourth-order valence-corrected chi connectivity index (χ4v) is 2.58. The van der Waals surface area contributed by atoms with Gasteiger partial charge in [-0.05, 0) is 0 Å². The Hall–Kier alpha value is -1.06. The first-order chi connectivity index (χ1) is 8.58. The molecule has 3 N–H and O–H groups in total. The minimum Gasteiger partial charge on any atom is -0.464 e. The van der Waals surface area contributed by atoms with Gasteiger partial charge in [-0.25, -0.2) is 9.78 Å². The monoisotopic (exact) mass is 275 g/mol. The van der Waals surface area contributed by atoms with Gasteiger partial charge in [-0.3, -0.25) is 0 Å². The summed E-state index contributed by atoms with van der Waals surface area (Å²) in [5, 5.41) is 30.2. The van der Waals surface area contributed by atoms with Crippen LogP contribution in [0.1, 0.15) is 21.6 Å². The molecule has 0 aromatic carbocycles. The van der Waals surface area contributed by atoms with Crippen molar-refractivity contribution in [1.82, 2.24) is 4.98 Å². The summed E-state index contributed by atoms with van der Waals surface area (Å²) in [5.41, 5.74) is 0.121. The van der Waals surface area contributed by atoms with Crippen molar-refractivity contribution in [3.05, 3.63) is 16.1 Å². The predicted octanol–water partition coefficient (Wildman–Crippen LogP) is -0.916. The number of aliphatic hydroxyl groups is 3. The third-order valence-corrected chi connectivity index (χ3v) is 3.61. The van der Waals surface area contributed by atoms with Crippen molar-refractivity contribution in [3.8, 4) is 0 Å². The van der Waals surface area contributed by atoms with Crippen LogP contribution in [0.3, 0.4) is 0 Å². The van der Waals surface area contributed by atoms with Crippen molar-refractivity contribution in [2.24, 2.45) is 0 Å². The Morgan fingerprint density at radius 3 is 2.83 bits per heavy atom. The number of thiazole rings is 1. The largest absolute Gasteiger partial charge is 0.464 e. The van der Waals surface area contributed by atoms with E-state index in [4.69, 9.17) is 9.84 Å². The summed E-state index contributed by atoms with van der Waals surface area (Å²) in [7, 11) is 1.24. The molecule has 1 aliphatic heterocycles. The van der Waals surface area contributed by atoms with E-state index in [0.29, 0.717) is 5.01 Å². The highest BCUT2D eigenvalue weighted by Gasteiger charge is 2.44. The lowest BCUT2D eigenvalue weighted by Gasteiger charge is -2.11. The summed E-state index contributed by atoms with van der Waals surface area (Å²) < 4.78 is 9.81. The van der Waals surface area contributed by atoms with Crippen molar-refractivity contribution in [2.75, 3.05) is 13.7 Å². The van der Waals surface area contributed by atoms with E-state index in [2.05, 4.69) is 9.72 Å². The first kappa shape index (κ1) is 13.4. The number of hydrogen-bond acceptors (Lipinski definition) is 8.